The van der Waals surface area contributed by atoms with E-state index in [2.05, 4.69) is 29.1 Å². The lowest BCUT2D eigenvalue weighted by Crippen LogP contribution is -2.28. The number of anilines is 2. The largest absolute Gasteiger partial charge is 0.364 e. The fourth-order valence-electron chi connectivity index (χ4n) is 3.54. The quantitative estimate of drug-likeness (QED) is 0.547. The maximum Gasteiger partial charge on any atom is 0.265 e. The van der Waals surface area contributed by atoms with E-state index in [1.165, 1.54) is 11.3 Å². The van der Waals surface area contributed by atoms with Gasteiger partial charge in [-0.2, -0.15) is 0 Å². The molecule has 4 rings (SSSR count). The number of H-pyrrole nitrogens is 1. The molecule has 0 aliphatic carbocycles. The molecule has 0 bridgehead atoms. The highest BCUT2D eigenvalue weighted by Gasteiger charge is 2.35. The Hall–Kier alpha value is -3.46. The van der Waals surface area contributed by atoms with Crippen LogP contribution in [-0.4, -0.2) is 34.2 Å². The van der Waals surface area contributed by atoms with Crippen molar-refractivity contribution in [1.29, 1.82) is 0 Å². The van der Waals surface area contributed by atoms with Gasteiger partial charge in [0.2, 0.25) is 11.8 Å². The van der Waals surface area contributed by atoms with E-state index < -0.39 is 11.8 Å². The van der Waals surface area contributed by atoms with Gasteiger partial charge in [-0.1, -0.05) is 26.0 Å². The maximum atomic E-state index is 12.8. The molecule has 0 saturated carbocycles. The summed E-state index contributed by atoms with van der Waals surface area (Å²) in [4.78, 5) is 45.4. The van der Waals surface area contributed by atoms with Gasteiger partial charge in [0, 0.05) is 35.8 Å². The topological polar surface area (TPSA) is 121 Å². The average molecular weight is 438 g/mol. The summed E-state index contributed by atoms with van der Waals surface area (Å²) in [5.41, 5.74) is 8.85. The summed E-state index contributed by atoms with van der Waals surface area (Å²) < 4.78 is 0. The number of carbonyl (C=O) groups is 3. The number of aromatic amines is 1. The van der Waals surface area contributed by atoms with Gasteiger partial charge in [0.05, 0.1) is 11.6 Å². The minimum Gasteiger partial charge on any atom is -0.364 e. The molecule has 1 aliphatic heterocycles. The van der Waals surface area contributed by atoms with Crippen molar-refractivity contribution in [2.24, 2.45) is 11.7 Å². The molecule has 3 heterocycles. The summed E-state index contributed by atoms with van der Waals surface area (Å²) in [5, 5.41) is 5.04. The molecule has 0 spiro atoms. The maximum absolute atomic E-state index is 12.8. The minimum atomic E-state index is -0.551. The van der Waals surface area contributed by atoms with Crippen LogP contribution in [0.2, 0.25) is 0 Å². The Labute approximate surface area is 183 Å². The van der Waals surface area contributed by atoms with Gasteiger partial charge in [0.25, 0.3) is 5.91 Å². The van der Waals surface area contributed by atoms with Crippen LogP contribution in [-0.2, 0) is 9.59 Å². The van der Waals surface area contributed by atoms with E-state index in [-0.39, 0.29) is 18.2 Å². The molecule has 8 nitrogen and oxygen atoms in total. The highest BCUT2D eigenvalue weighted by atomic mass is 32.1. The van der Waals surface area contributed by atoms with Gasteiger partial charge in [-0.25, -0.2) is 4.98 Å². The summed E-state index contributed by atoms with van der Waals surface area (Å²) in [5.74, 6) is -0.938. The Morgan fingerprint density at radius 2 is 2.13 bits per heavy atom. The number of hydrogen-bond donors (Lipinski definition) is 3. The number of benzene rings is 1. The summed E-state index contributed by atoms with van der Waals surface area (Å²) in [7, 11) is 0. The molecule has 31 heavy (non-hydrogen) atoms. The van der Waals surface area contributed by atoms with E-state index in [1.54, 1.807) is 22.5 Å². The van der Waals surface area contributed by atoms with Crippen LogP contribution in [0.15, 0.2) is 41.9 Å². The fourth-order valence-corrected chi connectivity index (χ4v) is 4.26. The van der Waals surface area contributed by atoms with Crippen LogP contribution in [0.4, 0.5) is 10.8 Å². The molecule has 0 radical (unpaired) electrons. The molecule has 1 atom stereocenters. The smallest absolute Gasteiger partial charge is 0.265 e. The van der Waals surface area contributed by atoms with Gasteiger partial charge in [0.15, 0.2) is 5.13 Å². The first-order chi connectivity index (χ1) is 14.8. The molecule has 1 saturated heterocycles. The molecule has 2 aromatic heterocycles. The summed E-state index contributed by atoms with van der Waals surface area (Å²) in [6.45, 7) is 4.54. The van der Waals surface area contributed by atoms with Gasteiger partial charge in [-0.15, -0.1) is 11.3 Å². The molecule has 160 valence electrons. The zero-order valence-corrected chi connectivity index (χ0v) is 18.0. The average Bonchev–Trinajstić information content (AvgIpc) is 3.47. The molecule has 4 N–H and O–H groups in total. The number of rotatable bonds is 6. The molecule has 0 unspecified atom stereocenters. The van der Waals surface area contributed by atoms with Crippen molar-refractivity contribution in [2.45, 2.75) is 26.2 Å². The van der Waals surface area contributed by atoms with E-state index >= 15 is 0 Å². The molecule has 3 aromatic rings. The summed E-state index contributed by atoms with van der Waals surface area (Å²) >= 11 is 1.28. The van der Waals surface area contributed by atoms with Crippen molar-refractivity contribution in [3.63, 3.8) is 0 Å². The second kappa shape index (κ2) is 8.35. The normalized spacial score (nSPS) is 16.2. The first-order valence-corrected chi connectivity index (χ1v) is 10.8. The molecule has 3 amide bonds. The van der Waals surface area contributed by atoms with E-state index in [0.29, 0.717) is 34.5 Å². The number of primary amides is 1. The van der Waals surface area contributed by atoms with Crippen molar-refractivity contribution in [2.75, 3.05) is 16.8 Å². The Kier molecular flexibility index (Phi) is 5.60. The second-order valence-corrected chi connectivity index (χ2v) is 8.71. The number of hydrogen-bond acceptors (Lipinski definition) is 5. The number of thiazole rings is 1. The predicted molar refractivity (Wildman–Crippen MR) is 120 cm³/mol. The monoisotopic (exact) mass is 437 g/mol. The van der Waals surface area contributed by atoms with Crippen LogP contribution < -0.4 is 16.0 Å². The number of aromatic nitrogens is 2. The highest BCUT2D eigenvalue weighted by Crippen LogP contribution is 2.30. The lowest BCUT2D eigenvalue weighted by molar-refractivity contribution is -0.122. The zero-order valence-electron chi connectivity index (χ0n) is 17.2. The van der Waals surface area contributed by atoms with Crippen molar-refractivity contribution < 1.29 is 14.4 Å². The Morgan fingerprint density at radius 3 is 2.84 bits per heavy atom. The molecule has 9 heteroatoms. The molecular formula is C22H23N5O3S. The van der Waals surface area contributed by atoms with Crippen molar-refractivity contribution in [3.05, 3.63) is 53.2 Å². The third-order valence-corrected chi connectivity index (χ3v) is 6.08. The molecule has 1 aromatic carbocycles. The summed E-state index contributed by atoms with van der Waals surface area (Å²) in [6.07, 6.45) is 1.80. The van der Waals surface area contributed by atoms with E-state index in [9.17, 15) is 14.4 Å². The number of amides is 3. The van der Waals surface area contributed by atoms with Crippen molar-refractivity contribution >= 4 is 39.9 Å². The van der Waals surface area contributed by atoms with Crippen LogP contribution in [0.5, 0.6) is 0 Å². The lowest BCUT2D eigenvalue weighted by Gasteiger charge is -2.18. The Bertz CT molecular complexity index is 1150. The second-order valence-electron chi connectivity index (χ2n) is 7.85. The number of nitrogens with one attached hydrogen (secondary N) is 2. The van der Waals surface area contributed by atoms with Crippen LogP contribution in [0.1, 0.15) is 42.2 Å². The van der Waals surface area contributed by atoms with Crippen LogP contribution in [0.25, 0.3) is 11.3 Å². The minimum absolute atomic E-state index is 0.0628. The first-order valence-electron chi connectivity index (χ1n) is 9.97. The van der Waals surface area contributed by atoms with Gasteiger partial charge in [-0.3, -0.25) is 14.4 Å². The Balaban J connectivity index is 1.43. The van der Waals surface area contributed by atoms with Crippen LogP contribution in [0, 0.1) is 5.92 Å². The standard InChI is InChI=1S/C22H23N5O3S/c1-12(2)13-4-3-5-16(6-13)27-10-15(8-19(27)28)21(30)26-22-25-18(11-31-22)14-7-17(20(23)29)24-9-14/h3-7,9,11-12,15,24H,8,10H2,1-2H3,(H2,23,29)(H,25,26,30)/t15-/m0/s1. The highest BCUT2D eigenvalue weighted by molar-refractivity contribution is 7.14. The van der Waals surface area contributed by atoms with E-state index in [1.807, 2.05) is 24.3 Å². The number of nitrogens with two attached hydrogens (primary N) is 1. The molecular weight excluding hydrogens is 414 g/mol. The third-order valence-electron chi connectivity index (χ3n) is 5.32. The third kappa shape index (κ3) is 4.36. The van der Waals surface area contributed by atoms with Crippen LogP contribution >= 0.6 is 11.3 Å². The van der Waals surface area contributed by atoms with Gasteiger partial charge in [0.1, 0.15) is 5.69 Å². The predicted octanol–water partition coefficient (Wildman–Crippen LogP) is 3.35. The van der Waals surface area contributed by atoms with Gasteiger partial charge < -0.3 is 20.9 Å². The zero-order chi connectivity index (χ0) is 22.1. The van der Waals surface area contributed by atoms with E-state index in [4.69, 9.17) is 5.73 Å². The molecule has 1 aliphatic rings. The van der Waals surface area contributed by atoms with Gasteiger partial charge >= 0.3 is 0 Å². The van der Waals surface area contributed by atoms with Gasteiger partial charge in [-0.05, 0) is 29.7 Å². The lowest BCUT2D eigenvalue weighted by atomic mass is 10.0. The van der Waals surface area contributed by atoms with Crippen molar-refractivity contribution in [1.82, 2.24) is 9.97 Å². The molecule has 1 fully saturated rings. The Morgan fingerprint density at radius 1 is 1.32 bits per heavy atom. The fraction of sp³-hybridized carbons (Fsp3) is 0.273. The van der Waals surface area contributed by atoms with Crippen LogP contribution in [0.3, 0.4) is 0 Å². The summed E-state index contributed by atoms with van der Waals surface area (Å²) in [6, 6.07) is 9.49. The number of carbonyl (C=O) groups excluding carboxylic acids is 3. The van der Waals surface area contributed by atoms with E-state index in [0.717, 1.165) is 11.3 Å². The number of nitrogens with zero attached hydrogens (tertiary/aromatic N) is 2. The van der Waals surface area contributed by atoms with Crippen molar-refractivity contribution in [3.8, 4) is 11.3 Å². The SMILES string of the molecule is CC(C)c1cccc(N2C[C@@H](C(=O)Nc3nc(-c4c[nH]c(C(N)=O)c4)cs3)CC2=O)c1. The first kappa shape index (κ1) is 20.8.